The van der Waals surface area contributed by atoms with Gasteiger partial charge in [0.2, 0.25) is 0 Å². The Hall–Kier alpha value is -1.11. The molecule has 4 aliphatic carbocycles. The van der Waals surface area contributed by atoms with Crippen LogP contribution < -0.4 is 0 Å². The van der Waals surface area contributed by atoms with Gasteiger partial charge in [-0.2, -0.15) is 0 Å². The lowest BCUT2D eigenvalue weighted by Crippen LogP contribution is -2.54. The summed E-state index contributed by atoms with van der Waals surface area (Å²) in [6.45, 7) is 4.60. The normalized spacial score (nSPS) is 40.5. The fourth-order valence-corrected chi connectivity index (χ4v) is 6.18. The molecule has 1 nitrogen and oxygen atoms in total. The first-order valence-electron chi connectivity index (χ1n) is 8.66. The lowest BCUT2D eigenvalue weighted by molar-refractivity contribution is -0.0820. The number of carbonyl (C=O) groups is 1. The van der Waals surface area contributed by atoms with Gasteiger partial charge in [0.25, 0.3) is 0 Å². The number of carbonyl (C=O) groups excluding carboxylic acids is 1. The van der Waals surface area contributed by atoms with Gasteiger partial charge in [0.1, 0.15) is 0 Å². The van der Waals surface area contributed by atoms with Gasteiger partial charge in [-0.3, -0.25) is 4.79 Å². The summed E-state index contributed by atoms with van der Waals surface area (Å²) in [7, 11) is 0. The fraction of sp³-hybridized carbons (Fsp3) is 0.650. The first-order valence-corrected chi connectivity index (χ1v) is 8.66. The van der Waals surface area contributed by atoms with Gasteiger partial charge in [0.05, 0.1) is 0 Å². The first-order chi connectivity index (χ1) is 10.0. The van der Waals surface area contributed by atoms with Gasteiger partial charge in [-0.05, 0) is 67.8 Å². The van der Waals surface area contributed by atoms with E-state index in [0.29, 0.717) is 11.2 Å². The van der Waals surface area contributed by atoms with E-state index in [1.54, 1.807) is 0 Å². The second kappa shape index (κ2) is 4.44. The molecule has 1 heteroatoms. The van der Waals surface area contributed by atoms with Crippen molar-refractivity contribution >= 4 is 5.78 Å². The number of Topliss-reactive ketones (excluding diaryl/α,β-unsaturated/α-hetero) is 1. The molecular weight excluding hydrogens is 256 g/mol. The third-order valence-electron chi connectivity index (χ3n) is 6.46. The van der Waals surface area contributed by atoms with E-state index in [1.807, 2.05) is 0 Å². The van der Waals surface area contributed by atoms with Crippen molar-refractivity contribution < 1.29 is 4.79 Å². The molecule has 1 aromatic rings. The maximum absolute atomic E-state index is 13.2. The summed E-state index contributed by atoms with van der Waals surface area (Å²) in [5.41, 5.74) is 2.71. The molecule has 5 rings (SSSR count). The minimum absolute atomic E-state index is 0.0213. The summed E-state index contributed by atoms with van der Waals surface area (Å²) in [5.74, 6) is 2.08. The molecule has 0 spiro atoms. The van der Waals surface area contributed by atoms with E-state index in [2.05, 4.69) is 38.1 Å². The Morgan fingerprint density at radius 1 is 1.10 bits per heavy atom. The second-order valence-electron chi connectivity index (χ2n) is 8.43. The van der Waals surface area contributed by atoms with Crippen LogP contribution in [0.1, 0.15) is 68.3 Å². The monoisotopic (exact) mass is 282 g/mol. The molecule has 4 saturated carbocycles. The molecule has 0 aromatic heterocycles. The zero-order valence-electron chi connectivity index (χ0n) is 13.3. The molecule has 1 aromatic carbocycles. The van der Waals surface area contributed by atoms with Crippen LogP contribution in [0, 0.1) is 22.7 Å². The van der Waals surface area contributed by atoms with Crippen LogP contribution in [0.2, 0.25) is 0 Å². The lowest BCUT2D eigenvalue weighted by atomic mass is 9.43. The number of benzene rings is 1. The molecule has 0 amide bonds. The van der Waals surface area contributed by atoms with Crippen LogP contribution in [-0.2, 0) is 6.42 Å². The van der Waals surface area contributed by atoms with Crippen LogP contribution in [0.25, 0.3) is 0 Å². The van der Waals surface area contributed by atoms with Gasteiger partial charge in [-0.1, -0.05) is 38.1 Å². The zero-order valence-corrected chi connectivity index (χ0v) is 13.3. The largest absolute Gasteiger partial charge is 0.294 e. The Balaban J connectivity index is 1.67. The highest BCUT2D eigenvalue weighted by Gasteiger charge is 2.58. The van der Waals surface area contributed by atoms with Crippen molar-refractivity contribution in [2.45, 2.75) is 58.8 Å². The van der Waals surface area contributed by atoms with E-state index in [1.165, 1.54) is 24.8 Å². The lowest BCUT2D eigenvalue weighted by Gasteiger charge is -2.60. The molecule has 0 saturated heterocycles. The Morgan fingerprint density at radius 2 is 1.71 bits per heavy atom. The second-order valence-corrected chi connectivity index (χ2v) is 8.43. The van der Waals surface area contributed by atoms with Gasteiger partial charge in [0, 0.05) is 11.0 Å². The molecule has 4 bridgehead atoms. The van der Waals surface area contributed by atoms with Crippen molar-refractivity contribution in [1.82, 2.24) is 0 Å². The van der Waals surface area contributed by atoms with Crippen LogP contribution in [0.15, 0.2) is 24.3 Å². The average molecular weight is 282 g/mol. The van der Waals surface area contributed by atoms with Gasteiger partial charge in [-0.25, -0.2) is 0 Å². The minimum atomic E-state index is -0.0213. The first kappa shape index (κ1) is 13.5. The Bertz CT molecular complexity index is 554. The molecule has 0 N–H and O–H groups in total. The van der Waals surface area contributed by atoms with Crippen LogP contribution in [0.5, 0.6) is 0 Å². The van der Waals surface area contributed by atoms with Gasteiger partial charge >= 0.3 is 0 Å². The van der Waals surface area contributed by atoms with Gasteiger partial charge < -0.3 is 0 Å². The molecule has 0 heterocycles. The van der Waals surface area contributed by atoms with E-state index in [9.17, 15) is 4.79 Å². The molecule has 21 heavy (non-hydrogen) atoms. The Kier molecular flexibility index (Phi) is 2.87. The molecule has 2 atom stereocenters. The highest BCUT2D eigenvalue weighted by molar-refractivity contribution is 6.00. The molecule has 4 aliphatic rings. The summed E-state index contributed by atoms with van der Waals surface area (Å²) in [4.78, 5) is 13.2. The number of hydrogen-bond acceptors (Lipinski definition) is 1. The summed E-state index contributed by atoms with van der Waals surface area (Å²) in [6.07, 6.45) is 8.63. The highest BCUT2D eigenvalue weighted by Crippen LogP contribution is 2.65. The summed E-state index contributed by atoms with van der Waals surface area (Å²) in [5, 5.41) is 0. The number of rotatable bonds is 3. The van der Waals surface area contributed by atoms with Crippen molar-refractivity contribution in [3.63, 3.8) is 0 Å². The van der Waals surface area contributed by atoms with E-state index in [4.69, 9.17) is 0 Å². The van der Waals surface area contributed by atoms with E-state index < -0.39 is 0 Å². The number of aryl methyl sites for hydroxylation is 1. The van der Waals surface area contributed by atoms with Crippen molar-refractivity contribution in [3.05, 3.63) is 35.4 Å². The van der Waals surface area contributed by atoms with E-state index in [0.717, 1.165) is 43.1 Å². The molecule has 2 unspecified atom stereocenters. The van der Waals surface area contributed by atoms with Crippen molar-refractivity contribution in [3.8, 4) is 0 Å². The topological polar surface area (TPSA) is 17.1 Å². The Labute approximate surface area is 128 Å². The average Bonchev–Trinajstić information content (AvgIpc) is 2.44. The standard InChI is InChI=1S/C20H26O/c1-3-14-4-6-17(7-5-14)18(21)20-11-15-8-16(12-20)10-19(2,9-15)13-20/h4-7,15-16H,3,8-13H2,1-2H3. The molecule has 4 fully saturated rings. The van der Waals surface area contributed by atoms with Crippen LogP contribution in [0.4, 0.5) is 0 Å². The zero-order chi connectivity index (χ0) is 14.7. The number of ketones is 1. The van der Waals surface area contributed by atoms with Crippen molar-refractivity contribution in [1.29, 1.82) is 0 Å². The van der Waals surface area contributed by atoms with Gasteiger partial charge in [0.15, 0.2) is 5.78 Å². The van der Waals surface area contributed by atoms with Crippen molar-refractivity contribution in [2.24, 2.45) is 22.7 Å². The van der Waals surface area contributed by atoms with E-state index >= 15 is 0 Å². The highest BCUT2D eigenvalue weighted by atomic mass is 16.1. The van der Waals surface area contributed by atoms with Crippen molar-refractivity contribution in [2.75, 3.05) is 0 Å². The SMILES string of the molecule is CCc1ccc(C(=O)C23CC4CC(CC(C)(C4)C2)C3)cc1. The fourth-order valence-electron chi connectivity index (χ4n) is 6.18. The third kappa shape index (κ3) is 2.08. The molecular formula is C20H26O. The van der Waals surface area contributed by atoms with Gasteiger partial charge in [-0.15, -0.1) is 0 Å². The molecule has 0 radical (unpaired) electrons. The van der Waals surface area contributed by atoms with E-state index in [-0.39, 0.29) is 5.41 Å². The molecule has 0 aliphatic heterocycles. The maximum Gasteiger partial charge on any atom is 0.169 e. The predicted octanol–water partition coefficient (Wildman–Crippen LogP) is 5.04. The Morgan fingerprint density at radius 3 is 2.24 bits per heavy atom. The smallest absolute Gasteiger partial charge is 0.169 e. The maximum atomic E-state index is 13.2. The predicted molar refractivity (Wildman–Crippen MR) is 85.4 cm³/mol. The van der Waals surface area contributed by atoms with Crippen LogP contribution in [0.3, 0.4) is 0 Å². The number of hydrogen-bond donors (Lipinski definition) is 0. The summed E-state index contributed by atoms with van der Waals surface area (Å²) < 4.78 is 0. The third-order valence-corrected chi connectivity index (χ3v) is 6.46. The summed E-state index contributed by atoms with van der Waals surface area (Å²) in [6, 6.07) is 8.41. The minimum Gasteiger partial charge on any atom is -0.294 e. The quantitative estimate of drug-likeness (QED) is 0.710. The van der Waals surface area contributed by atoms with Crippen LogP contribution in [-0.4, -0.2) is 5.78 Å². The summed E-state index contributed by atoms with van der Waals surface area (Å²) >= 11 is 0. The van der Waals surface area contributed by atoms with Crippen LogP contribution >= 0.6 is 0 Å². The molecule has 112 valence electrons.